The molecule has 1 heterocycles. The zero-order valence-electron chi connectivity index (χ0n) is 11.9. The Balaban J connectivity index is 1.46. The van der Waals surface area contributed by atoms with Gasteiger partial charge >= 0.3 is 0 Å². The molecule has 2 aliphatic rings. The van der Waals surface area contributed by atoms with E-state index in [0.717, 1.165) is 44.9 Å². The molecule has 1 N–H and O–H groups in total. The Bertz CT molecular complexity index is 458. The number of amides is 1. The zero-order valence-corrected chi connectivity index (χ0v) is 11.9. The summed E-state index contributed by atoms with van der Waals surface area (Å²) < 4.78 is 2.06. The van der Waals surface area contributed by atoms with Crippen LogP contribution in [-0.4, -0.2) is 21.7 Å². The first kappa shape index (κ1) is 13.4. The Morgan fingerprint density at radius 3 is 2.65 bits per heavy atom. The van der Waals surface area contributed by atoms with Crippen LogP contribution in [0.3, 0.4) is 0 Å². The number of carbonyl (C=O) groups is 1. The number of rotatable bonds is 3. The third-order valence-corrected chi connectivity index (χ3v) is 4.58. The minimum atomic E-state index is 0.198. The maximum atomic E-state index is 12.2. The largest absolute Gasteiger partial charge is 0.353 e. The van der Waals surface area contributed by atoms with E-state index >= 15 is 0 Å². The third kappa shape index (κ3) is 3.11. The van der Waals surface area contributed by atoms with Gasteiger partial charge < -0.3 is 5.32 Å². The lowest BCUT2D eigenvalue weighted by atomic mass is 9.89. The first-order valence-electron chi connectivity index (χ1n) is 7.77. The first-order valence-corrected chi connectivity index (χ1v) is 7.77. The summed E-state index contributed by atoms with van der Waals surface area (Å²) >= 11 is 0. The van der Waals surface area contributed by atoms with Crippen molar-refractivity contribution in [3.05, 3.63) is 30.6 Å². The second-order valence-corrected chi connectivity index (χ2v) is 5.98. The summed E-state index contributed by atoms with van der Waals surface area (Å²) in [5.74, 6) is 0.459. The third-order valence-electron chi connectivity index (χ3n) is 4.58. The molecular weight excluding hydrogens is 250 g/mol. The Labute approximate surface area is 120 Å². The van der Waals surface area contributed by atoms with Crippen molar-refractivity contribution in [2.45, 2.75) is 57.0 Å². The molecule has 0 spiro atoms. The number of carbonyl (C=O) groups excluding carboxylic acids is 1. The van der Waals surface area contributed by atoms with Crippen LogP contribution in [0.4, 0.5) is 0 Å². The van der Waals surface area contributed by atoms with Crippen LogP contribution in [0.25, 0.3) is 0 Å². The van der Waals surface area contributed by atoms with Crippen molar-refractivity contribution < 1.29 is 4.79 Å². The lowest BCUT2D eigenvalue weighted by Gasteiger charge is -2.30. The molecule has 1 aromatic rings. The van der Waals surface area contributed by atoms with Gasteiger partial charge in [-0.1, -0.05) is 12.2 Å². The van der Waals surface area contributed by atoms with Crippen LogP contribution in [0.5, 0.6) is 0 Å². The van der Waals surface area contributed by atoms with Crippen molar-refractivity contribution in [2.24, 2.45) is 5.92 Å². The molecule has 1 saturated carbocycles. The van der Waals surface area contributed by atoms with Gasteiger partial charge in [0.15, 0.2) is 0 Å². The normalized spacial score (nSPS) is 30.1. The molecule has 1 aromatic heterocycles. The molecule has 0 aromatic carbocycles. The zero-order chi connectivity index (χ0) is 13.8. The average molecular weight is 273 g/mol. The van der Waals surface area contributed by atoms with E-state index in [1.807, 2.05) is 18.5 Å². The van der Waals surface area contributed by atoms with Crippen LogP contribution >= 0.6 is 0 Å². The number of hydrogen-bond donors (Lipinski definition) is 1. The van der Waals surface area contributed by atoms with Gasteiger partial charge in [-0.2, -0.15) is 5.10 Å². The van der Waals surface area contributed by atoms with E-state index in [4.69, 9.17) is 0 Å². The van der Waals surface area contributed by atoms with Crippen molar-refractivity contribution in [1.29, 1.82) is 0 Å². The summed E-state index contributed by atoms with van der Waals surface area (Å²) in [6, 6.07) is 2.85. The van der Waals surface area contributed by atoms with Gasteiger partial charge in [0.1, 0.15) is 0 Å². The van der Waals surface area contributed by atoms with E-state index in [9.17, 15) is 4.79 Å². The molecule has 1 unspecified atom stereocenters. The number of aromatic nitrogens is 2. The summed E-state index contributed by atoms with van der Waals surface area (Å²) in [6.07, 6.45) is 15.5. The standard InChI is InChI=1S/C16H23N3O/c20-16(13-5-2-1-3-6-13)18-14-7-9-15(10-8-14)19-12-4-11-17-19/h1-2,4,11-15H,3,5-10H2,(H,18,20). The van der Waals surface area contributed by atoms with Crippen LogP contribution < -0.4 is 5.32 Å². The molecule has 1 fully saturated rings. The summed E-state index contributed by atoms with van der Waals surface area (Å²) in [6.45, 7) is 0. The van der Waals surface area contributed by atoms with Crippen LogP contribution in [0.2, 0.25) is 0 Å². The lowest BCUT2D eigenvalue weighted by Crippen LogP contribution is -2.41. The summed E-state index contributed by atoms with van der Waals surface area (Å²) in [5.41, 5.74) is 0. The fraction of sp³-hybridized carbons (Fsp3) is 0.625. The lowest BCUT2D eigenvalue weighted by molar-refractivity contribution is -0.126. The highest BCUT2D eigenvalue weighted by Gasteiger charge is 2.26. The fourth-order valence-corrected chi connectivity index (χ4v) is 3.33. The molecule has 4 nitrogen and oxygen atoms in total. The molecule has 0 saturated heterocycles. The number of allylic oxidation sites excluding steroid dienone is 2. The summed E-state index contributed by atoms with van der Waals surface area (Å²) in [5, 5.41) is 7.57. The van der Waals surface area contributed by atoms with Gasteiger partial charge in [0, 0.05) is 24.4 Å². The molecule has 1 amide bonds. The predicted octanol–water partition coefficient (Wildman–Crippen LogP) is 2.84. The molecule has 4 heteroatoms. The molecular formula is C16H23N3O. The van der Waals surface area contributed by atoms with Gasteiger partial charge in [-0.25, -0.2) is 0 Å². The van der Waals surface area contributed by atoms with Crippen LogP contribution in [0.1, 0.15) is 51.0 Å². The summed E-state index contributed by atoms with van der Waals surface area (Å²) in [4.78, 5) is 12.2. The number of hydrogen-bond acceptors (Lipinski definition) is 2. The Morgan fingerprint density at radius 1 is 1.15 bits per heavy atom. The van der Waals surface area contributed by atoms with Crippen LogP contribution in [-0.2, 0) is 4.79 Å². The molecule has 1 atom stereocenters. The molecule has 3 rings (SSSR count). The quantitative estimate of drug-likeness (QED) is 0.861. The van der Waals surface area contributed by atoms with Crippen molar-refractivity contribution in [1.82, 2.24) is 15.1 Å². The molecule has 0 radical (unpaired) electrons. The van der Waals surface area contributed by atoms with Crippen LogP contribution in [0, 0.1) is 5.92 Å². The Kier molecular flexibility index (Phi) is 4.19. The maximum absolute atomic E-state index is 12.2. The smallest absolute Gasteiger partial charge is 0.223 e. The molecule has 20 heavy (non-hydrogen) atoms. The number of nitrogens with one attached hydrogen (secondary N) is 1. The highest BCUT2D eigenvalue weighted by Crippen LogP contribution is 2.28. The topological polar surface area (TPSA) is 46.9 Å². The minimum absolute atomic E-state index is 0.198. The van der Waals surface area contributed by atoms with Crippen molar-refractivity contribution in [3.63, 3.8) is 0 Å². The predicted molar refractivity (Wildman–Crippen MR) is 78.1 cm³/mol. The Morgan fingerprint density at radius 2 is 2.00 bits per heavy atom. The van der Waals surface area contributed by atoms with Crippen molar-refractivity contribution >= 4 is 5.91 Å². The molecule has 0 bridgehead atoms. The van der Waals surface area contributed by atoms with Crippen molar-refractivity contribution in [3.8, 4) is 0 Å². The highest BCUT2D eigenvalue weighted by atomic mass is 16.1. The molecule has 2 aliphatic carbocycles. The fourth-order valence-electron chi connectivity index (χ4n) is 3.33. The van der Waals surface area contributed by atoms with Gasteiger partial charge in [0.05, 0.1) is 6.04 Å². The minimum Gasteiger partial charge on any atom is -0.353 e. The van der Waals surface area contributed by atoms with E-state index in [1.54, 1.807) is 0 Å². The monoisotopic (exact) mass is 273 g/mol. The summed E-state index contributed by atoms with van der Waals surface area (Å²) in [7, 11) is 0. The van der Waals surface area contributed by atoms with E-state index in [0.29, 0.717) is 12.1 Å². The van der Waals surface area contributed by atoms with Gasteiger partial charge in [0.25, 0.3) is 0 Å². The maximum Gasteiger partial charge on any atom is 0.223 e. The number of nitrogens with zero attached hydrogens (tertiary/aromatic N) is 2. The first-order chi connectivity index (χ1) is 9.83. The Hall–Kier alpha value is -1.58. The van der Waals surface area contributed by atoms with E-state index in [-0.39, 0.29) is 11.8 Å². The average Bonchev–Trinajstić information content (AvgIpc) is 3.03. The van der Waals surface area contributed by atoms with Gasteiger partial charge in [-0.05, 0) is 51.0 Å². The SMILES string of the molecule is O=C(NC1CCC(n2cccn2)CC1)C1CC=CCC1. The van der Waals surface area contributed by atoms with E-state index in [1.165, 1.54) is 0 Å². The van der Waals surface area contributed by atoms with Crippen molar-refractivity contribution in [2.75, 3.05) is 0 Å². The van der Waals surface area contributed by atoms with E-state index in [2.05, 4.69) is 27.2 Å². The molecule has 0 aliphatic heterocycles. The second-order valence-electron chi connectivity index (χ2n) is 5.98. The van der Waals surface area contributed by atoms with Crippen LogP contribution in [0.15, 0.2) is 30.6 Å². The highest BCUT2D eigenvalue weighted by molar-refractivity contribution is 5.79. The van der Waals surface area contributed by atoms with Gasteiger partial charge in [0.2, 0.25) is 5.91 Å². The second kappa shape index (κ2) is 6.25. The van der Waals surface area contributed by atoms with Gasteiger partial charge in [-0.3, -0.25) is 9.48 Å². The van der Waals surface area contributed by atoms with Gasteiger partial charge in [-0.15, -0.1) is 0 Å². The van der Waals surface area contributed by atoms with E-state index < -0.39 is 0 Å². The molecule has 108 valence electrons.